The molecule has 2 aliphatic heterocycles. The third-order valence-electron chi connectivity index (χ3n) is 4.25. The molecule has 2 aliphatic rings. The summed E-state index contributed by atoms with van der Waals surface area (Å²) in [6, 6.07) is 6.68. The Labute approximate surface area is 146 Å². The summed E-state index contributed by atoms with van der Waals surface area (Å²) >= 11 is 6.69. The van der Waals surface area contributed by atoms with Crippen LogP contribution < -0.4 is 0 Å². The smallest absolute Gasteiger partial charge is 0.269 e. The van der Waals surface area contributed by atoms with Crippen LogP contribution in [0.4, 0.5) is 0 Å². The molecule has 1 aromatic rings. The number of likely N-dealkylation sites (tertiary alicyclic amines) is 1. The molecule has 0 aliphatic carbocycles. The lowest BCUT2D eigenvalue weighted by atomic mass is 10.1. The SMILES string of the molecule is CC1CCCCN1C(=S)SCN1C(=O)c2ccccc2S1(=O)=O. The Bertz CT molecular complexity index is 748. The van der Waals surface area contributed by atoms with E-state index in [0.29, 0.717) is 10.4 Å². The zero-order chi connectivity index (χ0) is 16.6. The van der Waals surface area contributed by atoms with Gasteiger partial charge in [0, 0.05) is 12.6 Å². The Hall–Kier alpha value is -1.12. The van der Waals surface area contributed by atoms with Crippen LogP contribution >= 0.6 is 24.0 Å². The topological polar surface area (TPSA) is 57.7 Å². The number of sulfonamides is 1. The number of thiocarbonyl (C=S) groups is 1. The van der Waals surface area contributed by atoms with Gasteiger partial charge in [0.25, 0.3) is 15.9 Å². The molecule has 1 unspecified atom stereocenters. The lowest BCUT2D eigenvalue weighted by molar-refractivity contribution is 0.0887. The first-order chi connectivity index (χ1) is 10.9. The number of carbonyl (C=O) groups is 1. The molecule has 0 bridgehead atoms. The van der Waals surface area contributed by atoms with Crippen molar-refractivity contribution in [1.82, 2.24) is 9.21 Å². The molecule has 0 saturated carbocycles. The minimum atomic E-state index is -3.75. The molecular weight excluding hydrogens is 352 g/mol. The molecule has 0 spiro atoms. The third kappa shape index (κ3) is 2.99. The molecule has 23 heavy (non-hydrogen) atoms. The van der Waals surface area contributed by atoms with Gasteiger partial charge in [-0.2, -0.15) is 0 Å². The van der Waals surface area contributed by atoms with E-state index in [2.05, 4.69) is 11.8 Å². The van der Waals surface area contributed by atoms with E-state index in [-0.39, 0.29) is 16.3 Å². The molecule has 8 heteroatoms. The van der Waals surface area contributed by atoms with Crippen molar-refractivity contribution in [3.8, 4) is 0 Å². The van der Waals surface area contributed by atoms with Crippen molar-refractivity contribution < 1.29 is 13.2 Å². The highest BCUT2D eigenvalue weighted by Gasteiger charge is 2.41. The number of hydrogen-bond acceptors (Lipinski definition) is 5. The van der Waals surface area contributed by atoms with Crippen molar-refractivity contribution in [3.63, 3.8) is 0 Å². The van der Waals surface area contributed by atoms with Gasteiger partial charge in [-0.1, -0.05) is 36.1 Å². The van der Waals surface area contributed by atoms with Gasteiger partial charge in [0.15, 0.2) is 0 Å². The summed E-state index contributed by atoms with van der Waals surface area (Å²) in [6.45, 7) is 3.02. The summed E-state index contributed by atoms with van der Waals surface area (Å²) in [6.07, 6.45) is 3.38. The van der Waals surface area contributed by atoms with Crippen molar-refractivity contribution >= 4 is 44.2 Å². The van der Waals surface area contributed by atoms with Crippen LogP contribution in [0.3, 0.4) is 0 Å². The van der Waals surface area contributed by atoms with E-state index >= 15 is 0 Å². The van der Waals surface area contributed by atoms with E-state index in [9.17, 15) is 13.2 Å². The van der Waals surface area contributed by atoms with E-state index < -0.39 is 15.9 Å². The molecule has 2 heterocycles. The van der Waals surface area contributed by atoms with Gasteiger partial charge in [-0.05, 0) is 38.3 Å². The quantitative estimate of drug-likeness (QED) is 0.746. The fourth-order valence-corrected chi connectivity index (χ4v) is 6.09. The molecule has 0 radical (unpaired) electrons. The molecular formula is C15H18N2O3S3. The van der Waals surface area contributed by atoms with Crippen LogP contribution in [0.15, 0.2) is 29.2 Å². The predicted octanol–water partition coefficient (Wildman–Crippen LogP) is 2.68. The van der Waals surface area contributed by atoms with E-state index in [1.165, 1.54) is 24.2 Å². The molecule has 124 valence electrons. The second-order valence-corrected chi connectivity index (χ2v) is 9.14. The van der Waals surface area contributed by atoms with Gasteiger partial charge in [-0.25, -0.2) is 12.7 Å². The minimum Gasteiger partial charge on any atom is -0.355 e. The van der Waals surface area contributed by atoms with Crippen LogP contribution in [-0.4, -0.2) is 46.3 Å². The molecule has 1 saturated heterocycles. The maximum Gasteiger partial charge on any atom is 0.269 e. The third-order valence-corrected chi connectivity index (χ3v) is 7.66. The fourth-order valence-electron chi connectivity index (χ4n) is 2.92. The van der Waals surface area contributed by atoms with Gasteiger partial charge in [-0.3, -0.25) is 4.79 Å². The Morgan fingerprint density at radius 3 is 2.78 bits per heavy atom. The van der Waals surface area contributed by atoms with Gasteiger partial charge in [0.05, 0.1) is 11.4 Å². The van der Waals surface area contributed by atoms with Crippen LogP contribution in [0.25, 0.3) is 0 Å². The van der Waals surface area contributed by atoms with Crippen molar-refractivity contribution in [2.75, 3.05) is 12.4 Å². The molecule has 1 amide bonds. The summed E-state index contributed by atoms with van der Waals surface area (Å²) in [4.78, 5) is 14.6. The molecule has 5 nitrogen and oxygen atoms in total. The number of piperidine rings is 1. The number of benzene rings is 1. The summed E-state index contributed by atoms with van der Waals surface area (Å²) in [5.41, 5.74) is 0.241. The van der Waals surface area contributed by atoms with Crippen LogP contribution in [0.1, 0.15) is 36.5 Å². The molecule has 1 aromatic carbocycles. The second kappa shape index (κ2) is 6.41. The number of hydrogen-bond donors (Lipinski definition) is 0. The van der Waals surface area contributed by atoms with Crippen molar-refractivity contribution in [3.05, 3.63) is 29.8 Å². The van der Waals surface area contributed by atoms with Crippen molar-refractivity contribution in [1.29, 1.82) is 0 Å². The van der Waals surface area contributed by atoms with E-state index in [1.807, 2.05) is 0 Å². The fraction of sp³-hybridized carbons (Fsp3) is 0.467. The van der Waals surface area contributed by atoms with Crippen LogP contribution in [-0.2, 0) is 10.0 Å². The second-order valence-electron chi connectivity index (χ2n) is 5.73. The Morgan fingerprint density at radius 1 is 1.35 bits per heavy atom. The Balaban J connectivity index is 1.72. The van der Waals surface area contributed by atoms with Gasteiger partial charge < -0.3 is 4.90 Å². The Morgan fingerprint density at radius 2 is 2.09 bits per heavy atom. The standard InChI is InChI=1S/C15H18N2O3S3/c1-11-6-4-5-9-16(11)15(21)22-10-17-14(18)12-7-2-3-8-13(12)23(17,19)20/h2-3,7-8,11H,4-6,9-10H2,1H3. The minimum absolute atomic E-state index is 0.0257. The van der Waals surface area contributed by atoms with E-state index in [4.69, 9.17) is 12.2 Å². The number of thioether (sulfide) groups is 1. The average molecular weight is 371 g/mol. The van der Waals surface area contributed by atoms with Crippen molar-refractivity contribution in [2.24, 2.45) is 0 Å². The van der Waals surface area contributed by atoms with Crippen molar-refractivity contribution in [2.45, 2.75) is 37.1 Å². The molecule has 0 N–H and O–H groups in total. The number of fused-ring (bicyclic) bond motifs is 1. The summed E-state index contributed by atoms with van der Waals surface area (Å²) in [5.74, 6) is -0.444. The van der Waals surface area contributed by atoms with Gasteiger partial charge in [0.1, 0.15) is 9.22 Å². The number of rotatable bonds is 2. The first-order valence-electron chi connectivity index (χ1n) is 7.52. The van der Waals surface area contributed by atoms with Crippen LogP contribution in [0.5, 0.6) is 0 Å². The number of nitrogens with zero attached hydrogens (tertiary/aromatic N) is 2. The molecule has 0 aromatic heterocycles. The number of amides is 1. The monoisotopic (exact) mass is 370 g/mol. The maximum atomic E-state index is 12.5. The molecule has 3 rings (SSSR count). The number of carbonyl (C=O) groups excluding carboxylic acids is 1. The summed E-state index contributed by atoms with van der Waals surface area (Å²) in [7, 11) is -3.75. The highest BCUT2D eigenvalue weighted by atomic mass is 32.2. The van der Waals surface area contributed by atoms with Gasteiger partial charge >= 0.3 is 0 Å². The molecule has 1 atom stereocenters. The highest BCUT2D eigenvalue weighted by molar-refractivity contribution is 8.23. The van der Waals surface area contributed by atoms with E-state index in [1.54, 1.807) is 18.2 Å². The predicted molar refractivity (Wildman–Crippen MR) is 94.9 cm³/mol. The average Bonchev–Trinajstić information content (AvgIpc) is 2.73. The first kappa shape index (κ1) is 16.7. The largest absolute Gasteiger partial charge is 0.355 e. The molecule has 1 fully saturated rings. The first-order valence-corrected chi connectivity index (χ1v) is 10.4. The van der Waals surface area contributed by atoms with Crippen LogP contribution in [0.2, 0.25) is 0 Å². The normalized spacial score (nSPS) is 23.0. The van der Waals surface area contributed by atoms with Gasteiger partial charge in [0.2, 0.25) is 0 Å². The lowest BCUT2D eigenvalue weighted by Crippen LogP contribution is -2.41. The summed E-state index contributed by atoms with van der Waals surface area (Å²) in [5, 5.41) is 0. The van der Waals surface area contributed by atoms with E-state index in [0.717, 1.165) is 23.7 Å². The van der Waals surface area contributed by atoms with Crippen LogP contribution in [0, 0.1) is 0 Å². The Kier molecular flexibility index (Phi) is 4.66. The lowest BCUT2D eigenvalue weighted by Gasteiger charge is -2.35. The van der Waals surface area contributed by atoms with Gasteiger partial charge in [-0.15, -0.1) is 0 Å². The highest BCUT2D eigenvalue weighted by Crippen LogP contribution is 2.32. The zero-order valence-electron chi connectivity index (χ0n) is 12.8. The maximum absolute atomic E-state index is 12.5. The zero-order valence-corrected chi connectivity index (χ0v) is 15.2. The summed E-state index contributed by atoms with van der Waals surface area (Å²) < 4.78 is 26.5.